The number of carbonyl (C=O) groups excluding carboxylic acids is 1. The molecule has 1 aliphatic heterocycles. The highest BCUT2D eigenvalue weighted by molar-refractivity contribution is 7.11. The summed E-state index contributed by atoms with van der Waals surface area (Å²) in [6, 6.07) is 7.93. The molecule has 1 N–H and O–H groups in total. The lowest BCUT2D eigenvalue weighted by Crippen LogP contribution is -2.31. The van der Waals surface area contributed by atoms with Crippen LogP contribution in [0.4, 0.5) is 0 Å². The number of aromatic nitrogens is 2. The van der Waals surface area contributed by atoms with Crippen molar-refractivity contribution in [2.45, 2.75) is 32.7 Å². The van der Waals surface area contributed by atoms with E-state index in [9.17, 15) is 4.79 Å². The van der Waals surface area contributed by atoms with Gasteiger partial charge in [-0.25, -0.2) is 0 Å². The quantitative estimate of drug-likeness (QED) is 0.940. The number of fused-ring (bicyclic) bond motifs is 1. The van der Waals surface area contributed by atoms with Gasteiger partial charge in [-0.15, -0.1) is 10.2 Å². The van der Waals surface area contributed by atoms with E-state index in [-0.39, 0.29) is 11.8 Å². The van der Waals surface area contributed by atoms with Crippen LogP contribution in [-0.4, -0.2) is 22.7 Å². The summed E-state index contributed by atoms with van der Waals surface area (Å²) in [5.41, 5.74) is 1.10. The average molecular weight is 317 g/mol. The van der Waals surface area contributed by atoms with Crippen molar-refractivity contribution in [3.05, 3.63) is 39.8 Å². The maximum atomic E-state index is 12.4. The summed E-state index contributed by atoms with van der Waals surface area (Å²) in [6.07, 6.45) is 2.33. The van der Waals surface area contributed by atoms with Gasteiger partial charge < -0.3 is 10.1 Å². The molecule has 0 fully saturated rings. The third-order valence-electron chi connectivity index (χ3n) is 3.76. The number of benzene rings is 1. The van der Waals surface area contributed by atoms with Gasteiger partial charge in [0.05, 0.1) is 13.2 Å². The summed E-state index contributed by atoms with van der Waals surface area (Å²) < 4.78 is 5.71. The number of nitrogens with zero attached hydrogens (tertiary/aromatic N) is 2. The predicted octanol–water partition coefficient (Wildman–Crippen LogP) is 2.36. The number of para-hydroxylation sites is 1. The smallest absolute Gasteiger partial charge is 0.223 e. The summed E-state index contributed by atoms with van der Waals surface area (Å²) in [7, 11) is 0. The standard InChI is InChI=1S/C16H19N3O2S/c1-2-14-18-19-15(22-14)10-17-16(20)12-7-8-21-13-6-4-3-5-11(13)9-12/h3-6,12H,2,7-10H2,1H3,(H,17,20). The van der Waals surface area contributed by atoms with Gasteiger partial charge in [-0.05, 0) is 30.9 Å². The Hall–Kier alpha value is -1.95. The molecule has 116 valence electrons. The molecule has 2 aromatic rings. The Kier molecular flexibility index (Phi) is 4.68. The average Bonchev–Trinajstić information content (AvgIpc) is 2.90. The van der Waals surface area contributed by atoms with Crippen LogP contribution < -0.4 is 10.1 Å². The summed E-state index contributed by atoms with van der Waals surface area (Å²) in [6.45, 7) is 3.08. The van der Waals surface area contributed by atoms with Gasteiger partial charge in [0.15, 0.2) is 0 Å². The van der Waals surface area contributed by atoms with Gasteiger partial charge in [0, 0.05) is 5.92 Å². The van der Waals surface area contributed by atoms with Crippen LogP contribution in [0.2, 0.25) is 0 Å². The number of ether oxygens (including phenoxy) is 1. The molecular formula is C16H19N3O2S. The lowest BCUT2D eigenvalue weighted by Gasteiger charge is -2.13. The first-order valence-corrected chi connectivity index (χ1v) is 8.37. The molecule has 0 saturated carbocycles. The minimum Gasteiger partial charge on any atom is -0.493 e. The Labute approximate surface area is 133 Å². The summed E-state index contributed by atoms with van der Waals surface area (Å²) >= 11 is 1.55. The van der Waals surface area contributed by atoms with Crippen molar-refractivity contribution in [2.75, 3.05) is 6.61 Å². The molecule has 0 aliphatic carbocycles. The second-order valence-electron chi connectivity index (χ2n) is 5.31. The Bertz CT molecular complexity index is 656. The van der Waals surface area contributed by atoms with E-state index in [4.69, 9.17) is 4.74 Å². The van der Waals surface area contributed by atoms with Crippen molar-refractivity contribution in [1.29, 1.82) is 0 Å². The molecule has 1 aromatic carbocycles. The van der Waals surface area contributed by atoms with Crippen LogP contribution in [-0.2, 0) is 24.2 Å². The third-order valence-corrected chi connectivity index (χ3v) is 4.83. The van der Waals surface area contributed by atoms with Crippen molar-refractivity contribution in [1.82, 2.24) is 15.5 Å². The molecule has 1 unspecified atom stereocenters. The number of amides is 1. The minimum atomic E-state index is -0.0535. The molecule has 1 atom stereocenters. The van der Waals surface area contributed by atoms with Gasteiger partial charge in [-0.3, -0.25) is 4.79 Å². The predicted molar refractivity (Wildman–Crippen MR) is 84.9 cm³/mol. The number of hydrogen-bond acceptors (Lipinski definition) is 5. The zero-order valence-corrected chi connectivity index (χ0v) is 13.4. The normalized spacial score (nSPS) is 17.2. The maximum absolute atomic E-state index is 12.4. The highest BCUT2D eigenvalue weighted by Gasteiger charge is 2.23. The summed E-state index contributed by atoms with van der Waals surface area (Å²) in [4.78, 5) is 12.4. The van der Waals surface area contributed by atoms with Gasteiger partial charge >= 0.3 is 0 Å². The summed E-state index contributed by atoms with van der Waals surface area (Å²) in [5.74, 6) is 0.908. The SMILES string of the molecule is CCc1nnc(CNC(=O)C2CCOc3ccccc3C2)s1. The van der Waals surface area contributed by atoms with E-state index >= 15 is 0 Å². The number of rotatable bonds is 4. The molecule has 1 amide bonds. The third kappa shape index (κ3) is 3.44. The Balaban J connectivity index is 1.60. The summed E-state index contributed by atoms with van der Waals surface area (Å²) in [5, 5.41) is 13.0. The topological polar surface area (TPSA) is 64.1 Å². The van der Waals surface area contributed by atoms with Crippen LogP contribution in [0.15, 0.2) is 24.3 Å². The highest BCUT2D eigenvalue weighted by Crippen LogP contribution is 2.26. The Morgan fingerprint density at radius 1 is 1.36 bits per heavy atom. The number of hydrogen-bond donors (Lipinski definition) is 1. The first kappa shape index (κ1) is 15.0. The minimum absolute atomic E-state index is 0.0535. The van der Waals surface area contributed by atoms with Crippen LogP contribution in [0.25, 0.3) is 0 Å². The van der Waals surface area contributed by atoms with Gasteiger partial charge in [-0.1, -0.05) is 36.5 Å². The maximum Gasteiger partial charge on any atom is 0.223 e. The molecule has 0 saturated heterocycles. The second kappa shape index (κ2) is 6.87. The van der Waals surface area contributed by atoms with E-state index in [1.807, 2.05) is 31.2 Å². The fourth-order valence-electron chi connectivity index (χ4n) is 2.53. The van der Waals surface area contributed by atoms with E-state index in [0.29, 0.717) is 13.2 Å². The highest BCUT2D eigenvalue weighted by atomic mass is 32.1. The largest absolute Gasteiger partial charge is 0.493 e. The van der Waals surface area contributed by atoms with Crippen molar-refractivity contribution < 1.29 is 9.53 Å². The second-order valence-corrected chi connectivity index (χ2v) is 6.45. The zero-order chi connectivity index (χ0) is 15.4. The molecule has 1 aromatic heterocycles. The van der Waals surface area contributed by atoms with E-state index in [2.05, 4.69) is 15.5 Å². The molecule has 2 heterocycles. The molecule has 0 bridgehead atoms. The van der Waals surface area contributed by atoms with Crippen LogP contribution in [0.5, 0.6) is 5.75 Å². The van der Waals surface area contributed by atoms with Gasteiger partial charge in [0.25, 0.3) is 0 Å². The molecule has 0 radical (unpaired) electrons. The van der Waals surface area contributed by atoms with Crippen molar-refractivity contribution >= 4 is 17.2 Å². The number of aryl methyl sites for hydroxylation is 1. The number of carbonyl (C=O) groups is 1. The van der Waals surface area contributed by atoms with Crippen LogP contribution in [0.3, 0.4) is 0 Å². The molecule has 1 aliphatic rings. The molecule has 22 heavy (non-hydrogen) atoms. The van der Waals surface area contributed by atoms with Crippen LogP contribution >= 0.6 is 11.3 Å². The van der Waals surface area contributed by atoms with E-state index < -0.39 is 0 Å². The zero-order valence-electron chi connectivity index (χ0n) is 12.5. The first-order chi connectivity index (χ1) is 10.8. The molecular weight excluding hydrogens is 298 g/mol. The molecule has 6 heteroatoms. The molecule has 0 spiro atoms. The van der Waals surface area contributed by atoms with Crippen LogP contribution in [0, 0.1) is 5.92 Å². The monoisotopic (exact) mass is 317 g/mol. The van der Waals surface area contributed by atoms with Crippen LogP contribution in [0.1, 0.15) is 28.9 Å². The Morgan fingerprint density at radius 3 is 3.00 bits per heavy atom. The van der Waals surface area contributed by atoms with Gasteiger partial charge in [0.1, 0.15) is 15.8 Å². The fourth-order valence-corrected chi connectivity index (χ4v) is 3.25. The lowest BCUT2D eigenvalue weighted by atomic mass is 9.96. The molecule has 5 nitrogen and oxygen atoms in total. The van der Waals surface area contributed by atoms with Crippen molar-refractivity contribution in [3.8, 4) is 5.75 Å². The Morgan fingerprint density at radius 2 is 2.18 bits per heavy atom. The van der Waals surface area contributed by atoms with E-state index in [0.717, 1.165) is 40.6 Å². The van der Waals surface area contributed by atoms with E-state index in [1.165, 1.54) is 0 Å². The fraction of sp³-hybridized carbons (Fsp3) is 0.438. The van der Waals surface area contributed by atoms with Crippen molar-refractivity contribution in [2.24, 2.45) is 5.92 Å². The van der Waals surface area contributed by atoms with Gasteiger partial charge in [0.2, 0.25) is 5.91 Å². The van der Waals surface area contributed by atoms with Crippen molar-refractivity contribution in [3.63, 3.8) is 0 Å². The first-order valence-electron chi connectivity index (χ1n) is 7.56. The van der Waals surface area contributed by atoms with E-state index in [1.54, 1.807) is 11.3 Å². The van der Waals surface area contributed by atoms with Gasteiger partial charge in [-0.2, -0.15) is 0 Å². The molecule has 3 rings (SSSR count). The lowest BCUT2D eigenvalue weighted by molar-refractivity contribution is -0.125. The number of nitrogens with one attached hydrogen (secondary N) is 1.